The van der Waals surface area contributed by atoms with Crippen molar-refractivity contribution < 1.29 is 0 Å². The van der Waals surface area contributed by atoms with Gasteiger partial charge in [0.05, 0.1) is 17.9 Å². The van der Waals surface area contributed by atoms with E-state index in [4.69, 9.17) is 0 Å². The molecule has 0 radical (unpaired) electrons. The summed E-state index contributed by atoms with van der Waals surface area (Å²) in [6, 6.07) is 9.85. The smallest absolute Gasteiger partial charge is 0.258 e. The van der Waals surface area contributed by atoms with Crippen molar-refractivity contribution in [3.63, 3.8) is 0 Å². The van der Waals surface area contributed by atoms with Gasteiger partial charge in [-0.3, -0.25) is 18.8 Å². The Labute approximate surface area is 146 Å². The fraction of sp³-hybridized carbons (Fsp3) is 0.421. The van der Waals surface area contributed by atoms with Gasteiger partial charge >= 0.3 is 0 Å². The largest absolute Gasteiger partial charge is 0.293 e. The first-order chi connectivity index (χ1) is 12.1. The van der Waals surface area contributed by atoms with Gasteiger partial charge in [0, 0.05) is 30.5 Å². The molecular weight excluding hydrogens is 314 g/mol. The zero-order valence-electron chi connectivity index (χ0n) is 14.7. The van der Waals surface area contributed by atoms with E-state index in [9.17, 15) is 4.79 Å². The second-order valence-electron chi connectivity index (χ2n) is 6.89. The minimum absolute atomic E-state index is 0.0186. The Hall–Kier alpha value is -2.47. The number of aromatic nitrogens is 4. The lowest BCUT2D eigenvalue weighted by atomic mass is 10.2. The van der Waals surface area contributed by atoms with Crippen LogP contribution in [0.15, 0.2) is 41.3 Å². The van der Waals surface area contributed by atoms with E-state index < -0.39 is 0 Å². The molecule has 0 saturated carbocycles. The van der Waals surface area contributed by atoms with Crippen molar-refractivity contribution in [1.29, 1.82) is 0 Å². The molecule has 0 spiro atoms. The lowest BCUT2D eigenvalue weighted by Gasteiger charge is -2.24. The third kappa shape index (κ3) is 3.22. The Bertz CT molecular complexity index is 958. The number of hydrogen-bond acceptors (Lipinski definition) is 4. The second-order valence-corrected chi connectivity index (χ2v) is 6.89. The molecule has 1 fully saturated rings. The van der Waals surface area contributed by atoms with Crippen LogP contribution in [0.5, 0.6) is 0 Å². The molecule has 0 aliphatic carbocycles. The minimum Gasteiger partial charge on any atom is -0.293 e. The number of nitrogens with zero attached hydrogens (tertiary/aromatic N) is 5. The molecule has 1 saturated heterocycles. The summed E-state index contributed by atoms with van der Waals surface area (Å²) in [5, 5.41) is 4.59. The van der Waals surface area contributed by atoms with Gasteiger partial charge in [-0.2, -0.15) is 5.10 Å². The Morgan fingerprint density at radius 1 is 1.24 bits per heavy atom. The van der Waals surface area contributed by atoms with E-state index in [2.05, 4.69) is 32.7 Å². The van der Waals surface area contributed by atoms with Crippen LogP contribution in [-0.2, 0) is 13.1 Å². The van der Waals surface area contributed by atoms with E-state index in [1.165, 1.54) is 12.1 Å². The molecule has 0 aromatic carbocycles. The average molecular weight is 337 g/mol. The zero-order chi connectivity index (χ0) is 17.4. The number of rotatable bonds is 4. The van der Waals surface area contributed by atoms with Gasteiger partial charge in [-0.05, 0) is 51.4 Å². The number of hydrogen-bond donors (Lipinski definition) is 0. The molecule has 1 aliphatic rings. The van der Waals surface area contributed by atoms with E-state index in [1.807, 2.05) is 25.1 Å². The Morgan fingerprint density at radius 2 is 2.12 bits per heavy atom. The predicted molar refractivity (Wildman–Crippen MR) is 96.6 cm³/mol. The van der Waals surface area contributed by atoms with Gasteiger partial charge < -0.3 is 0 Å². The maximum absolute atomic E-state index is 12.3. The molecule has 3 aromatic rings. The van der Waals surface area contributed by atoms with Crippen molar-refractivity contribution >= 4 is 5.65 Å². The first-order valence-electron chi connectivity index (χ1n) is 8.82. The highest BCUT2D eigenvalue weighted by atomic mass is 16.1. The fourth-order valence-electron chi connectivity index (χ4n) is 3.76. The third-order valence-electron chi connectivity index (χ3n) is 4.98. The lowest BCUT2D eigenvalue weighted by Crippen LogP contribution is -2.34. The van der Waals surface area contributed by atoms with Crippen LogP contribution in [-0.4, -0.2) is 36.7 Å². The van der Waals surface area contributed by atoms with Crippen LogP contribution in [0.25, 0.3) is 5.65 Å². The monoisotopic (exact) mass is 337 g/mol. The average Bonchev–Trinajstić information content (AvgIpc) is 3.14. The van der Waals surface area contributed by atoms with Crippen molar-refractivity contribution in [1.82, 2.24) is 24.1 Å². The van der Waals surface area contributed by atoms with E-state index >= 15 is 0 Å². The molecule has 25 heavy (non-hydrogen) atoms. The topological polar surface area (TPSA) is 55.4 Å². The molecule has 1 aliphatic heterocycles. The molecule has 130 valence electrons. The van der Waals surface area contributed by atoms with E-state index in [-0.39, 0.29) is 5.56 Å². The molecule has 0 bridgehead atoms. The summed E-state index contributed by atoms with van der Waals surface area (Å²) < 4.78 is 3.68. The molecule has 0 N–H and O–H groups in total. The maximum Gasteiger partial charge on any atom is 0.258 e. The Balaban J connectivity index is 1.55. The van der Waals surface area contributed by atoms with Crippen LogP contribution in [0.1, 0.15) is 29.9 Å². The summed E-state index contributed by atoms with van der Waals surface area (Å²) in [5.74, 6) is 0. The summed E-state index contributed by atoms with van der Waals surface area (Å²) >= 11 is 0. The minimum atomic E-state index is -0.0186. The highest BCUT2D eigenvalue weighted by Crippen LogP contribution is 2.21. The van der Waals surface area contributed by atoms with Crippen LogP contribution in [0.3, 0.4) is 0 Å². The molecule has 4 heterocycles. The molecule has 6 heteroatoms. The van der Waals surface area contributed by atoms with Gasteiger partial charge in [-0.1, -0.05) is 6.07 Å². The van der Waals surface area contributed by atoms with Crippen LogP contribution >= 0.6 is 0 Å². The van der Waals surface area contributed by atoms with Crippen molar-refractivity contribution in [2.45, 2.75) is 45.8 Å². The van der Waals surface area contributed by atoms with Crippen LogP contribution in [0.4, 0.5) is 0 Å². The fourth-order valence-corrected chi connectivity index (χ4v) is 3.76. The number of pyridine rings is 1. The van der Waals surface area contributed by atoms with Gasteiger partial charge in [0.25, 0.3) is 5.56 Å². The van der Waals surface area contributed by atoms with Gasteiger partial charge in [-0.25, -0.2) is 4.98 Å². The molecular formula is C19H23N5O. The first-order valence-corrected chi connectivity index (χ1v) is 8.82. The van der Waals surface area contributed by atoms with Crippen molar-refractivity contribution in [2.24, 2.45) is 0 Å². The van der Waals surface area contributed by atoms with Crippen molar-refractivity contribution in [3.8, 4) is 0 Å². The van der Waals surface area contributed by atoms with Crippen molar-refractivity contribution in [3.05, 3.63) is 64.0 Å². The van der Waals surface area contributed by atoms with Crippen LogP contribution in [0.2, 0.25) is 0 Å². The molecule has 3 aromatic heterocycles. The molecule has 0 amide bonds. The van der Waals surface area contributed by atoms with Gasteiger partial charge in [-0.15, -0.1) is 0 Å². The van der Waals surface area contributed by atoms with E-state index in [1.54, 1.807) is 16.7 Å². The van der Waals surface area contributed by atoms with Gasteiger partial charge in [0.15, 0.2) is 0 Å². The quantitative estimate of drug-likeness (QED) is 0.732. The number of likely N-dealkylation sites (tertiary alicyclic amines) is 1. The second kappa shape index (κ2) is 6.44. The summed E-state index contributed by atoms with van der Waals surface area (Å²) in [6.07, 6.45) is 4.09. The standard InChI is InChI=1S/C19H23N5O/c1-14-10-15(2)24(21-14)13-17-6-5-8-22(17)12-16-11-19(25)23-9-4-3-7-18(23)20-16/h3-4,7,9-11,17H,5-6,8,12-13H2,1-2H3. The van der Waals surface area contributed by atoms with Gasteiger partial charge in [0.2, 0.25) is 0 Å². The summed E-state index contributed by atoms with van der Waals surface area (Å²) in [4.78, 5) is 19.4. The van der Waals surface area contributed by atoms with E-state index in [0.29, 0.717) is 18.2 Å². The van der Waals surface area contributed by atoms with E-state index in [0.717, 1.165) is 30.9 Å². The highest BCUT2D eigenvalue weighted by Gasteiger charge is 2.26. The molecule has 4 rings (SSSR count). The predicted octanol–water partition coefficient (Wildman–Crippen LogP) is 2.17. The van der Waals surface area contributed by atoms with Crippen LogP contribution in [0, 0.1) is 13.8 Å². The lowest BCUT2D eigenvalue weighted by molar-refractivity contribution is 0.215. The molecule has 1 atom stereocenters. The molecule has 6 nitrogen and oxygen atoms in total. The highest BCUT2D eigenvalue weighted by molar-refractivity contribution is 5.38. The Kier molecular flexibility index (Phi) is 4.13. The number of fused-ring (bicyclic) bond motifs is 1. The number of aryl methyl sites for hydroxylation is 2. The first kappa shape index (κ1) is 16.0. The summed E-state index contributed by atoms with van der Waals surface area (Å²) in [5.41, 5.74) is 3.79. The normalized spacial score (nSPS) is 18.2. The van der Waals surface area contributed by atoms with Crippen LogP contribution < -0.4 is 5.56 Å². The Morgan fingerprint density at radius 3 is 2.92 bits per heavy atom. The SMILES string of the molecule is Cc1cc(C)n(CC2CCCN2Cc2cc(=O)n3ccccc3n2)n1. The zero-order valence-corrected chi connectivity index (χ0v) is 14.7. The maximum atomic E-state index is 12.3. The molecule has 1 unspecified atom stereocenters. The summed E-state index contributed by atoms with van der Waals surface area (Å²) in [6.45, 7) is 6.78. The van der Waals surface area contributed by atoms with Crippen molar-refractivity contribution in [2.75, 3.05) is 6.54 Å². The summed E-state index contributed by atoms with van der Waals surface area (Å²) in [7, 11) is 0. The van der Waals surface area contributed by atoms with Gasteiger partial charge in [0.1, 0.15) is 5.65 Å². The third-order valence-corrected chi connectivity index (χ3v) is 4.98.